The van der Waals surface area contributed by atoms with Crippen LogP contribution in [0.1, 0.15) is 44.5 Å². The summed E-state index contributed by atoms with van der Waals surface area (Å²) in [5, 5.41) is 6.17. The van der Waals surface area contributed by atoms with Crippen LogP contribution in [-0.4, -0.2) is 23.5 Å². The second-order valence-corrected chi connectivity index (χ2v) is 4.96. The molecule has 1 atom stereocenters. The molecule has 1 rings (SSSR count). The van der Waals surface area contributed by atoms with Crippen molar-refractivity contribution in [2.75, 3.05) is 11.9 Å². The summed E-state index contributed by atoms with van der Waals surface area (Å²) in [6.07, 6.45) is 4.31. The van der Waals surface area contributed by atoms with Gasteiger partial charge in [0.2, 0.25) is 0 Å². The molecule has 1 heterocycles. The summed E-state index contributed by atoms with van der Waals surface area (Å²) in [5.74, 6) is 0.535. The van der Waals surface area contributed by atoms with Crippen molar-refractivity contribution in [3.05, 3.63) is 24.0 Å². The van der Waals surface area contributed by atoms with Crippen molar-refractivity contribution in [3.8, 4) is 0 Å². The van der Waals surface area contributed by atoms with Gasteiger partial charge in [-0.1, -0.05) is 13.8 Å². The van der Waals surface area contributed by atoms with Gasteiger partial charge in [-0.15, -0.1) is 0 Å². The highest BCUT2D eigenvalue weighted by molar-refractivity contribution is 5.99. The summed E-state index contributed by atoms with van der Waals surface area (Å²) in [4.78, 5) is 16.2. The van der Waals surface area contributed by atoms with Crippen LogP contribution in [0.4, 0.5) is 5.69 Å². The van der Waals surface area contributed by atoms with Crippen molar-refractivity contribution in [3.63, 3.8) is 0 Å². The van der Waals surface area contributed by atoms with Crippen LogP contribution in [-0.2, 0) is 0 Å². The molecule has 100 valence electrons. The first-order valence-electron chi connectivity index (χ1n) is 6.53. The topological polar surface area (TPSA) is 54.0 Å². The van der Waals surface area contributed by atoms with Crippen LogP contribution in [0, 0.1) is 5.92 Å². The Hall–Kier alpha value is -1.58. The van der Waals surface area contributed by atoms with Crippen LogP contribution in [0.15, 0.2) is 18.5 Å². The van der Waals surface area contributed by atoms with Gasteiger partial charge in [-0.05, 0) is 32.3 Å². The first kappa shape index (κ1) is 14.5. The Balaban J connectivity index is 2.71. The Labute approximate surface area is 109 Å². The first-order chi connectivity index (χ1) is 8.54. The monoisotopic (exact) mass is 249 g/mol. The Morgan fingerprint density at radius 2 is 2.11 bits per heavy atom. The Bertz CT molecular complexity index is 390. The van der Waals surface area contributed by atoms with Gasteiger partial charge < -0.3 is 10.6 Å². The zero-order valence-electron chi connectivity index (χ0n) is 11.7. The summed E-state index contributed by atoms with van der Waals surface area (Å²) >= 11 is 0. The average Bonchev–Trinajstić information content (AvgIpc) is 2.28. The maximum absolute atomic E-state index is 12.2. The lowest BCUT2D eigenvalue weighted by atomic mass is 10.0. The van der Waals surface area contributed by atoms with Crippen LogP contribution < -0.4 is 10.6 Å². The van der Waals surface area contributed by atoms with Gasteiger partial charge in [0.15, 0.2) is 0 Å². The van der Waals surface area contributed by atoms with E-state index in [4.69, 9.17) is 0 Å². The molecule has 0 aliphatic heterocycles. The van der Waals surface area contributed by atoms with E-state index in [0.717, 1.165) is 18.7 Å². The molecule has 1 aromatic heterocycles. The fourth-order valence-electron chi connectivity index (χ4n) is 1.99. The smallest absolute Gasteiger partial charge is 0.253 e. The number of hydrogen-bond acceptors (Lipinski definition) is 3. The van der Waals surface area contributed by atoms with Gasteiger partial charge in [-0.25, -0.2) is 0 Å². The maximum atomic E-state index is 12.2. The van der Waals surface area contributed by atoms with E-state index < -0.39 is 0 Å². The number of nitrogens with zero attached hydrogens (tertiary/aromatic N) is 1. The number of hydrogen-bond donors (Lipinski definition) is 2. The molecule has 0 aliphatic carbocycles. The molecule has 18 heavy (non-hydrogen) atoms. The van der Waals surface area contributed by atoms with E-state index in [9.17, 15) is 4.79 Å². The van der Waals surface area contributed by atoms with Gasteiger partial charge in [0.05, 0.1) is 17.4 Å². The molecule has 0 radical (unpaired) electrons. The third-order valence-electron chi connectivity index (χ3n) is 2.64. The predicted octanol–water partition coefficient (Wildman–Crippen LogP) is 2.68. The van der Waals surface area contributed by atoms with Crippen molar-refractivity contribution in [1.29, 1.82) is 0 Å². The number of aromatic nitrogens is 1. The predicted molar refractivity (Wildman–Crippen MR) is 74.8 cm³/mol. The van der Waals surface area contributed by atoms with Gasteiger partial charge in [-0.3, -0.25) is 9.78 Å². The molecule has 1 aromatic rings. The van der Waals surface area contributed by atoms with Gasteiger partial charge in [0.25, 0.3) is 5.91 Å². The normalized spacial score (nSPS) is 12.3. The van der Waals surface area contributed by atoms with Crippen LogP contribution >= 0.6 is 0 Å². The highest BCUT2D eigenvalue weighted by Crippen LogP contribution is 2.14. The third kappa shape index (κ3) is 4.35. The molecular formula is C14H23N3O. The lowest BCUT2D eigenvalue weighted by Gasteiger charge is -2.17. The van der Waals surface area contributed by atoms with Crippen LogP contribution in [0.5, 0.6) is 0 Å². The van der Waals surface area contributed by atoms with Crippen LogP contribution in [0.2, 0.25) is 0 Å². The summed E-state index contributed by atoms with van der Waals surface area (Å²) in [6.45, 7) is 9.11. The molecular weight excluding hydrogens is 226 g/mol. The van der Waals surface area contributed by atoms with E-state index in [1.165, 1.54) is 0 Å². The fraction of sp³-hybridized carbons (Fsp3) is 0.571. The number of nitrogens with one attached hydrogen (secondary N) is 2. The Morgan fingerprint density at radius 1 is 1.39 bits per heavy atom. The summed E-state index contributed by atoms with van der Waals surface area (Å²) < 4.78 is 0. The third-order valence-corrected chi connectivity index (χ3v) is 2.64. The molecule has 2 N–H and O–H groups in total. The molecule has 0 saturated heterocycles. The number of carbonyl (C=O) groups excluding carboxylic acids is 1. The first-order valence-corrected chi connectivity index (χ1v) is 6.53. The van der Waals surface area contributed by atoms with E-state index in [-0.39, 0.29) is 11.9 Å². The molecule has 4 nitrogen and oxygen atoms in total. The number of rotatable bonds is 6. The minimum Gasteiger partial charge on any atom is -0.383 e. The van der Waals surface area contributed by atoms with E-state index in [0.29, 0.717) is 11.5 Å². The molecule has 1 unspecified atom stereocenters. The minimum absolute atomic E-state index is 0.0403. The highest BCUT2D eigenvalue weighted by Gasteiger charge is 2.14. The van der Waals surface area contributed by atoms with E-state index >= 15 is 0 Å². The highest BCUT2D eigenvalue weighted by atomic mass is 16.1. The molecule has 0 aliphatic rings. The fourth-order valence-corrected chi connectivity index (χ4v) is 1.99. The Kier molecular flexibility index (Phi) is 5.62. The molecule has 0 aromatic carbocycles. The SMILES string of the molecule is CCNc1cnccc1C(=O)NC(C)CC(C)C. The zero-order chi connectivity index (χ0) is 13.5. The van der Waals surface area contributed by atoms with Crippen LogP contribution in [0.25, 0.3) is 0 Å². The van der Waals surface area contributed by atoms with Crippen molar-refractivity contribution in [1.82, 2.24) is 10.3 Å². The van der Waals surface area contributed by atoms with E-state index in [1.54, 1.807) is 18.5 Å². The summed E-state index contributed by atoms with van der Waals surface area (Å²) in [7, 11) is 0. The van der Waals surface area contributed by atoms with Gasteiger partial charge in [-0.2, -0.15) is 0 Å². The lowest BCUT2D eigenvalue weighted by Crippen LogP contribution is -2.34. The number of anilines is 1. The van der Waals surface area contributed by atoms with Gasteiger partial charge >= 0.3 is 0 Å². The van der Waals surface area contributed by atoms with Crippen LogP contribution in [0.3, 0.4) is 0 Å². The molecule has 1 amide bonds. The van der Waals surface area contributed by atoms with E-state index in [1.807, 2.05) is 13.8 Å². The Morgan fingerprint density at radius 3 is 2.72 bits per heavy atom. The molecule has 0 fully saturated rings. The quantitative estimate of drug-likeness (QED) is 0.815. The van der Waals surface area contributed by atoms with Crippen molar-refractivity contribution >= 4 is 11.6 Å². The number of carbonyl (C=O) groups is 1. The molecule has 0 spiro atoms. The maximum Gasteiger partial charge on any atom is 0.253 e. The number of pyridine rings is 1. The lowest BCUT2D eigenvalue weighted by molar-refractivity contribution is 0.0937. The number of amides is 1. The molecule has 0 saturated carbocycles. The van der Waals surface area contributed by atoms with Gasteiger partial charge in [0.1, 0.15) is 0 Å². The standard InChI is InChI=1S/C14H23N3O/c1-5-16-13-9-15-7-6-12(13)14(18)17-11(4)8-10(2)3/h6-7,9-11,16H,5,8H2,1-4H3,(H,17,18). The molecule has 4 heteroatoms. The summed E-state index contributed by atoms with van der Waals surface area (Å²) in [6, 6.07) is 1.93. The van der Waals surface area contributed by atoms with Crippen molar-refractivity contribution < 1.29 is 4.79 Å². The van der Waals surface area contributed by atoms with Crippen molar-refractivity contribution in [2.45, 2.75) is 40.2 Å². The second-order valence-electron chi connectivity index (χ2n) is 4.96. The summed E-state index contributed by atoms with van der Waals surface area (Å²) in [5.41, 5.74) is 1.44. The van der Waals surface area contributed by atoms with E-state index in [2.05, 4.69) is 29.5 Å². The second kappa shape index (κ2) is 6.99. The average molecular weight is 249 g/mol. The van der Waals surface area contributed by atoms with Crippen molar-refractivity contribution in [2.24, 2.45) is 5.92 Å². The largest absolute Gasteiger partial charge is 0.383 e. The zero-order valence-corrected chi connectivity index (χ0v) is 11.7. The minimum atomic E-state index is -0.0403. The van der Waals surface area contributed by atoms with Gasteiger partial charge in [0, 0.05) is 18.8 Å². The molecule has 0 bridgehead atoms.